The largest absolute Gasteiger partial charge is 0.494 e. The number of H-pyrrole nitrogens is 1. The van der Waals surface area contributed by atoms with Crippen molar-refractivity contribution in [1.82, 2.24) is 4.98 Å². The van der Waals surface area contributed by atoms with Crippen molar-refractivity contribution < 1.29 is 5.11 Å². The maximum atomic E-state index is 9.86. The number of rotatable bonds is 2. The standard InChI is InChI=1S/C14H9Cl2N3O/c15-8-6-10-12(11(16)7-8)13(17-14(10)20)19-18-9-4-2-1-3-5-9/h1-7,17,20H. The second-order valence-corrected chi connectivity index (χ2v) is 5.01. The van der Waals surface area contributed by atoms with Crippen LogP contribution in [0, 0.1) is 0 Å². The topological polar surface area (TPSA) is 60.7 Å². The first-order valence-electron chi connectivity index (χ1n) is 5.81. The van der Waals surface area contributed by atoms with Crippen LogP contribution in [0.4, 0.5) is 11.5 Å². The van der Waals surface area contributed by atoms with Crippen LogP contribution in [0.25, 0.3) is 10.8 Å². The zero-order chi connectivity index (χ0) is 14.1. The minimum Gasteiger partial charge on any atom is -0.494 e. The summed E-state index contributed by atoms with van der Waals surface area (Å²) >= 11 is 12.1. The van der Waals surface area contributed by atoms with Crippen molar-refractivity contribution in [3.63, 3.8) is 0 Å². The molecule has 0 aliphatic heterocycles. The fraction of sp³-hybridized carbons (Fsp3) is 0. The lowest BCUT2D eigenvalue weighted by Gasteiger charge is -1.97. The third-order valence-corrected chi connectivity index (χ3v) is 3.32. The molecule has 2 N–H and O–H groups in total. The SMILES string of the molecule is Oc1[nH]c(N=Nc2ccccc2)c2c(Cl)cc(Cl)cc12. The number of aromatic nitrogens is 1. The number of hydrogen-bond donors (Lipinski definition) is 2. The van der Waals surface area contributed by atoms with Crippen LogP contribution in [0.2, 0.25) is 10.0 Å². The number of azo groups is 1. The van der Waals surface area contributed by atoms with Gasteiger partial charge in [0.25, 0.3) is 0 Å². The van der Waals surface area contributed by atoms with E-state index in [4.69, 9.17) is 23.2 Å². The zero-order valence-electron chi connectivity index (χ0n) is 10.1. The minimum atomic E-state index is -0.0357. The Bertz CT molecular complexity index is 797. The molecule has 0 aliphatic carbocycles. The number of nitrogens with zero attached hydrogens (tertiary/aromatic N) is 2. The molecule has 0 aliphatic rings. The van der Waals surface area contributed by atoms with Crippen molar-refractivity contribution in [3.05, 3.63) is 52.5 Å². The second-order valence-electron chi connectivity index (χ2n) is 4.17. The molecule has 6 heteroatoms. The van der Waals surface area contributed by atoms with E-state index in [1.807, 2.05) is 30.3 Å². The third kappa shape index (κ3) is 2.35. The number of hydrogen-bond acceptors (Lipinski definition) is 3. The Labute approximate surface area is 124 Å². The van der Waals surface area contributed by atoms with Crippen LogP contribution in [-0.4, -0.2) is 10.1 Å². The van der Waals surface area contributed by atoms with E-state index in [1.54, 1.807) is 12.1 Å². The summed E-state index contributed by atoms with van der Waals surface area (Å²) in [5.41, 5.74) is 0.708. The molecule has 0 amide bonds. The van der Waals surface area contributed by atoms with Gasteiger partial charge in [-0.15, -0.1) is 10.2 Å². The predicted octanol–water partition coefficient (Wildman–Crippen LogP) is 5.60. The lowest BCUT2D eigenvalue weighted by atomic mass is 10.2. The monoisotopic (exact) mass is 305 g/mol. The van der Waals surface area contributed by atoms with E-state index in [1.165, 1.54) is 0 Å². The number of nitrogens with one attached hydrogen (secondary N) is 1. The Hall–Kier alpha value is -2.04. The van der Waals surface area contributed by atoms with Gasteiger partial charge >= 0.3 is 0 Å². The summed E-state index contributed by atoms with van der Waals surface area (Å²) in [6.07, 6.45) is 0. The Balaban J connectivity index is 2.11. The van der Waals surface area contributed by atoms with Crippen LogP contribution >= 0.6 is 23.2 Å². The number of benzene rings is 2. The van der Waals surface area contributed by atoms with Gasteiger partial charge in [-0.1, -0.05) is 41.4 Å². The quantitative estimate of drug-likeness (QED) is 0.595. The van der Waals surface area contributed by atoms with E-state index in [0.717, 1.165) is 0 Å². The lowest BCUT2D eigenvalue weighted by Crippen LogP contribution is -1.70. The maximum Gasteiger partial charge on any atom is 0.198 e. The highest BCUT2D eigenvalue weighted by Crippen LogP contribution is 2.40. The second kappa shape index (κ2) is 5.15. The van der Waals surface area contributed by atoms with Gasteiger partial charge in [0.1, 0.15) is 0 Å². The number of fused-ring (bicyclic) bond motifs is 1. The molecule has 2 aromatic carbocycles. The van der Waals surface area contributed by atoms with E-state index < -0.39 is 0 Å². The van der Waals surface area contributed by atoms with Crippen molar-refractivity contribution in [2.75, 3.05) is 0 Å². The summed E-state index contributed by atoms with van der Waals surface area (Å²) in [7, 11) is 0. The van der Waals surface area contributed by atoms with Crippen LogP contribution < -0.4 is 0 Å². The highest BCUT2D eigenvalue weighted by molar-refractivity contribution is 6.39. The molecule has 0 spiro atoms. The Morgan fingerprint density at radius 3 is 2.50 bits per heavy atom. The van der Waals surface area contributed by atoms with Crippen LogP contribution in [0.1, 0.15) is 0 Å². The predicted molar refractivity (Wildman–Crippen MR) is 80.6 cm³/mol. The van der Waals surface area contributed by atoms with Gasteiger partial charge in [0.2, 0.25) is 0 Å². The van der Waals surface area contributed by atoms with E-state index in [9.17, 15) is 5.11 Å². The Morgan fingerprint density at radius 2 is 1.75 bits per heavy atom. The Kier molecular flexibility index (Phi) is 3.34. The molecular formula is C14H9Cl2N3O. The molecule has 0 atom stereocenters. The first-order valence-corrected chi connectivity index (χ1v) is 6.57. The normalized spacial score (nSPS) is 11.5. The molecule has 0 radical (unpaired) electrons. The third-order valence-electron chi connectivity index (χ3n) is 2.81. The fourth-order valence-electron chi connectivity index (χ4n) is 1.92. The molecule has 0 bridgehead atoms. The molecule has 0 fully saturated rings. The van der Waals surface area contributed by atoms with Crippen LogP contribution in [0.3, 0.4) is 0 Å². The molecule has 1 heterocycles. The van der Waals surface area contributed by atoms with Crippen molar-refractivity contribution in [1.29, 1.82) is 0 Å². The molecule has 0 saturated heterocycles. The van der Waals surface area contributed by atoms with Crippen LogP contribution in [0.15, 0.2) is 52.7 Å². The van der Waals surface area contributed by atoms with Gasteiger partial charge in [-0.2, -0.15) is 0 Å². The van der Waals surface area contributed by atoms with E-state index in [0.29, 0.717) is 32.3 Å². The van der Waals surface area contributed by atoms with Gasteiger partial charge in [-0.3, -0.25) is 0 Å². The van der Waals surface area contributed by atoms with Crippen molar-refractivity contribution in [2.24, 2.45) is 10.2 Å². The fourth-order valence-corrected chi connectivity index (χ4v) is 2.50. The average Bonchev–Trinajstić information content (AvgIpc) is 2.75. The first kappa shape index (κ1) is 13.0. The van der Waals surface area contributed by atoms with Gasteiger partial charge in [0, 0.05) is 10.4 Å². The van der Waals surface area contributed by atoms with Gasteiger partial charge in [0.15, 0.2) is 11.7 Å². The average molecular weight is 306 g/mol. The molecule has 20 heavy (non-hydrogen) atoms. The zero-order valence-corrected chi connectivity index (χ0v) is 11.7. The van der Waals surface area contributed by atoms with Crippen molar-refractivity contribution in [3.8, 4) is 5.88 Å². The number of halogens is 2. The summed E-state index contributed by atoms with van der Waals surface area (Å²) in [6.45, 7) is 0. The summed E-state index contributed by atoms with van der Waals surface area (Å²) < 4.78 is 0. The summed E-state index contributed by atoms with van der Waals surface area (Å²) in [6, 6.07) is 12.5. The number of aromatic amines is 1. The molecule has 100 valence electrons. The molecule has 3 rings (SSSR count). The molecule has 1 aromatic heterocycles. The van der Waals surface area contributed by atoms with Gasteiger partial charge in [-0.25, -0.2) is 0 Å². The van der Waals surface area contributed by atoms with E-state index in [-0.39, 0.29) is 5.88 Å². The van der Waals surface area contributed by atoms with Gasteiger partial charge in [0.05, 0.1) is 16.1 Å². The minimum absolute atomic E-state index is 0.0357. The van der Waals surface area contributed by atoms with Crippen molar-refractivity contribution >= 4 is 45.5 Å². The molecule has 0 unspecified atom stereocenters. The molecule has 0 saturated carbocycles. The van der Waals surface area contributed by atoms with E-state index in [2.05, 4.69) is 15.2 Å². The molecule has 4 nitrogen and oxygen atoms in total. The summed E-state index contributed by atoms with van der Waals surface area (Å²) in [5, 5.41) is 20.0. The summed E-state index contributed by atoms with van der Waals surface area (Å²) in [5.74, 6) is 0.356. The van der Waals surface area contributed by atoms with Crippen molar-refractivity contribution in [2.45, 2.75) is 0 Å². The highest BCUT2D eigenvalue weighted by atomic mass is 35.5. The van der Waals surface area contributed by atoms with Gasteiger partial charge in [-0.05, 0) is 24.3 Å². The Morgan fingerprint density at radius 1 is 1.00 bits per heavy atom. The van der Waals surface area contributed by atoms with E-state index >= 15 is 0 Å². The van der Waals surface area contributed by atoms with Gasteiger partial charge < -0.3 is 10.1 Å². The number of aromatic hydroxyl groups is 1. The van der Waals surface area contributed by atoms with Crippen LogP contribution in [0.5, 0.6) is 5.88 Å². The smallest absolute Gasteiger partial charge is 0.198 e. The lowest BCUT2D eigenvalue weighted by molar-refractivity contribution is 0.463. The first-order chi connectivity index (χ1) is 9.65. The molecule has 3 aromatic rings. The molecular weight excluding hydrogens is 297 g/mol. The maximum absolute atomic E-state index is 9.86. The van der Waals surface area contributed by atoms with Crippen LogP contribution in [-0.2, 0) is 0 Å². The highest BCUT2D eigenvalue weighted by Gasteiger charge is 2.13. The summed E-state index contributed by atoms with van der Waals surface area (Å²) in [4.78, 5) is 2.74.